The molecule has 3 aromatic carbocycles. The van der Waals surface area contributed by atoms with Crippen LogP contribution in [-0.4, -0.2) is 11.9 Å². The number of benzene rings is 3. The number of rotatable bonds is 3. The predicted octanol–water partition coefficient (Wildman–Crippen LogP) is 6.58. The van der Waals surface area contributed by atoms with E-state index in [-0.39, 0.29) is 11.5 Å². The Morgan fingerprint density at radius 3 is 1.79 bits per heavy atom. The zero-order valence-corrected chi connectivity index (χ0v) is 18.0. The van der Waals surface area contributed by atoms with Crippen molar-refractivity contribution in [1.29, 1.82) is 0 Å². The third-order valence-electron chi connectivity index (χ3n) is 5.22. The summed E-state index contributed by atoms with van der Waals surface area (Å²) in [5, 5.41) is 0. The molecule has 1 aliphatic rings. The van der Waals surface area contributed by atoms with Crippen molar-refractivity contribution in [2.45, 2.75) is 32.4 Å². The van der Waals surface area contributed by atoms with Gasteiger partial charge in [-0.3, -0.25) is 0 Å². The minimum atomic E-state index is -0.675. The first-order valence-electron chi connectivity index (χ1n) is 9.56. The largest absolute Gasteiger partial charge is 0.459 e. The number of hydrogen-bond donors (Lipinski definition) is 0. The van der Waals surface area contributed by atoms with Gasteiger partial charge in [0.15, 0.2) is 5.60 Å². The fourth-order valence-electron chi connectivity index (χ4n) is 3.98. The third kappa shape index (κ3) is 3.18. The molecular weight excluding hydrogens is 410 g/mol. The smallest absolute Gasteiger partial charge is 0.219 e. The minimum Gasteiger partial charge on any atom is -0.459 e. The fraction of sp³-hybridized carbons (Fsp3) is 0.240. The molecule has 0 radical (unpaired) electrons. The van der Waals surface area contributed by atoms with Crippen molar-refractivity contribution >= 4 is 21.8 Å². The van der Waals surface area contributed by atoms with Gasteiger partial charge in [-0.1, -0.05) is 93.6 Å². The van der Waals surface area contributed by atoms with Crippen LogP contribution in [0.25, 0.3) is 0 Å². The maximum absolute atomic E-state index is 6.85. The van der Waals surface area contributed by atoms with Crippen LogP contribution < -0.4 is 0 Å². The fourth-order valence-corrected chi connectivity index (χ4v) is 4.43. The summed E-state index contributed by atoms with van der Waals surface area (Å²) in [6.07, 6.45) is 0. The van der Waals surface area contributed by atoms with Gasteiger partial charge >= 0.3 is 0 Å². The summed E-state index contributed by atoms with van der Waals surface area (Å²) in [4.78, 5) is 5.16. The summed E-state index contributed by atoms with van der Waals surface area (Å²) in [6, 6.07) is 29.0. The molecule has 0 N–H and O–H groups in total. The van der Waals surface area contributed by atoms with Crippen LogP contribution >= 0.6 is 15.9 Å². The van der Waals surface area contributed by atoms with Gasteiger partial charge in [-0.25, -0.2) is 4.99 Å². The van der Waals surface area contributed by atoms with Gasteiger partial charge in [-0.05, 0) is 33.5 Å². The van der Waals surface area contributed by atoms with E-state index in [1.165, 1.54) is 0 Å². The lowest BCUT2D eigenvalue weighted by Gasteiger charge is -2.40. The average Bonchev–Trinajstić information content (AvgIpc) is 3.12. The number of hydrogen-bond acceptors (Lipinski definition) is 2. The van der Waals surface area contributed by atoms with Crippen molar-refractivity contribution in [3.8, 4) is 0 Å². The Morgan fingerprint density at radius 2 is 1.29 bits per heavy atom. The van der Waals surface area contributed by atoms with Gasteiger partial charge in [0.05, 0.1) is 5.56 Å². The first-order chi connectivity index (χ1) is 13.4. The first kappa shape index (κ1) is 18.9. The molecule has 1 aliphatic heterocycles. The summed E-state index contributed by atoms with van der Waals surface area (Å²) in [5.41, 5.74) is 2.43. The highest BCUT2D eigenvalue weighted by Crippen LogP contribution is 2.49. The lowest BCUT2D eigenvalue weighted by Crippen LogP contribution is -2.45. The topological polar surface area (TPSA) is 21.6 Å². The van der Waals surface area contributed by atoms with Crippen molar-refractivity contribution in [2.75, 3.05) is 0 Å². The van der Waals surface area contributed by atoms with Crippen LogP contribution in [0.2, 0.25) is 0 Å². The molecule has 0 saturated carbocycles. The molecule has 0 bridgehead atoms. The van der Waals surface area contributed by atoms with Crippen LogP contribution in [0.3, 0.4) is 0 Å². The van der Waals surface area contributed by atoms with E-state index >= 15 is 0 Å². The summed E-state index contributed by atoms with van der Waals surface area (Å²) in [7, 11) is 0. The Labute approximate surface area is 175 Å². The molecule has 28 heavy (non-hydrogen) atoms. The molecule has 1 atom stereocenters. The van der Waals surface area contributed by atoms with Crippen LogP contribution in [0.4, 0.5) is 0 Å². The number of ether oxygens (including phenoxy) is 1. The van der Waals surface area contributed by atoms with E-state index in [4.69, 9.17) is 9.73 Å². The van der Waals surface area contributed by atoms with E-state index in [1.807, 2.05) is 30.3 Å². The Hall–Kier alpha value is -2.39. The highest BCUT2D eigenvalue weighted by Gasteiger charge is 2.54. The summed E-state index contributed by atoms with van der Waals surface area (Å²) in [6.45, 7) is 6.69. The molecule has 0 saturated heterocycles. The molecule has 2 nitrogen and oxygen atoms in total. The molecule has 1 heterocycles. The van der Waals surface area contributed by atoms with Gasteiger partial charge in [-0.15, -0.1) is 0 Å². The predicted molar refractivity (Wildman–Crippen MR) is 119 cm³/mol. The molecule has 3 aromatic rings. The second kappa shape index (κ2) is 7.21. The minimum absolute atomic E-state index is 0.0769. The maximum atomic E-state index is 6.85. The van der Waals surface area contributed by atoms with Crippen molar-refractivity contribution in [3.63, 3.8) is 0 Å². The lowest BCUT2D eigenvalue weighted by molar-refractivity contribution is 0.0555. The van der Waals surface area contributed by atoms with Gasteiger partial charge in [0.1, 0.15) is 6.04 Å². The lowest BCUT2D eigenvalue weighted by atomic mass is 9.70. The highest BCUT2D eigenvalue weighted by atomic mass is 79.9. The Bertz CT molecular complexity index is 950. The van der Waals surface area contributed by atoms with Crippen molar-refractivity contribution in [3.05, 3.63) is 106 Å². The van der Waals surface area contributed by atoms with Crippen LogP contribution in [0.5, 0.6) is 0 Å². The Morgan fingerprint density at radius 1 is 0.786 bits per heavy atom. The second-order valence-corrected chi connectivity index (χ2v) is 9.11. The summed E-state index contributed by atoms with van der Waals surface area (Å²) in [5.74, 6) is 0.681. The first-order valence-corrected chi connectivity index (χ1v) is 10.3. The maximum Gasteiger partial charge on any atom is 0.219 e. The molecule has 0 fully saturated rings. The zero-order chi connectivity index (χ0) is 19.8. The van der Waals surface area contributed by atoms with Gasteiger partial charge < -0.3 is 4.74 Å². The van der Waals surface area contributed by atoms with Crippen molar-refractivity contribution < 1.29 is 4.74 Å². The molecule has 3 heteroatoms. The highest BCUT2D eigenvalue weighted by molar-refractivity contribution is 9.10. The number of halogens is 1. The Balaban J connectivity index is 1.96. The van der Waals surface area contributed by atoms with E-state index in [1.54, 1.807) is 0 Å². The van der Waals surface area contributed by atoms with Gasteiger partial charge in [0.2, 0.25) is 5.90 Å². The zero-order valence-electron chi connectivity index (χ0n) is 16.4. The second-order valence-electron chi connectivity index (χ2n) is 8.25. The van der Waals surface area contributed by atoms with E-state index in [9.17, 15) is 0 Å². The third-order valence-corrected chi connectivity index (χ3v) is 5.91. The molecule has 0 unspecified atom stereocenters. The van der Waals surface area contributed by atoms with Gasteiger partial charge in [-0.2, -0.15) is 0 Å². The normalized spacial score (nSPS) is 18.4. The van der Waals surface area contributed by atoms with E-state index in [0.717, 1.165) is 21.2 Å². The van der Waals surface area contributed by atoms with Crippen LogP contribution in [-0.2, 0) is 10.3 Å². The van der Waals surface area contributed by atoms with Crippen LogP contribution in [0.15, 0.2) is 94.4 Å². The SMILES string of the molecule is CC(C)(C)[C@@H]1N=C(c2ccccc2Br)OC1(c1ccccc1)c1ccccc1. The number of aliphatic imine (C=N–C) groups is 1. The summed E-state index contributed by atoms with van der Waals surface area (Å²) >= 11 is 3.67. The molecule has 0 aliphatic carbocycles. The average molecular weight is 434 g/mol. The van der Waals surface area contributed by atoms with Gasteiger partial charge in [0.25, 0.3) is 0 Å². The van der Waals surface area contributed by atoms with Crippen LogP contribution in [0.1, 0.15) is 37.5 Å². The standard InChI is InChI=1S/C25H24BrNO/c1-24(2,3)23-25(18-12-6-4-7-13-18,19-14-8-5-9-15-19)28-22(27-23)20-16-10-11-17-21(20)26/h4-17,23H,1-3H3/t23-/m0/s1. The molecular formula is C25H24BrNO. The summed E-state index contributed by atoms with van der Waals surface area (Å²) < 4.78 is 7.83. The number of nitrogens with zero attached hydrogens (tertiary/aromatic N) is 1. The van der Waals surface area contributed by atoms with E-state index in [2.05, 4.69) is 91.3 Å². The molecule has 0 spiro atoms. The van der Waals surface area contributed by atoms with Crippen molar-refractivity contribution in [2.24, 2.45) is 10.4 Å². The van der Waals surface area contributed by atoms with Crippen molar-refractivity contribution in [1.82, 2.24) is 0 Å². The monoisotopic (exact) mass is 433 g/mol. The molecule has 0 amide bonds. The molecule has 4 rings (SSSR count). The Kier molecular flexibility index (Phi) is 4.88. The quantitative estimate of drug-likeness (QED) is 0.456. The molecule has 142 valence electrons. The molecule has 0 aromatic heterocycles. The van der Waals surface area contributed by atoms with E-state index < -0.39 is 5.60 Å². The van der Waals surface area contributed by atoms with Gasteiger partial charge in [0, 0.05) is 15.6 Å². The van der Waals surface area contributed by atoms with E-state index in [0.29, 0.717) is 5.90 Å². The van der Waals surface area contributed by atoms with Crippen LogP contribution in [0, 0.1) is 5.41 Å².